The number of carbonyl (C=O) groups is 1. The quantitative estimate of drug-likeness (QED) is 0.745. The molecule has 1 N–H and O–H groups in total. The smallest absolute Gasteiger partial charge is 0.407 e. The van der Waals surface area contributed by atoms with Crippen molar-refractivity contribution in [2.24, 2.45) is 5.92 Å². The molecule has 0 aromatic heterocycles. The molecule has 0 heterocycles. The minimum absolute atomic E-state index is 0.170. The first-order valence-electron chi connectivity index (χ1n) is 9.68. The molecule has 0 spiro atoms. The largest absolute Gasteiger partial charge is 0.493 e. The first kappa shape index (κ1) is 20.4. The van der Waals surface area contributed by atoms with Gasteiger partial charge >= 0.3 is 6.09 Å². The van der Waals surface area contributed by atoms with Gasteiger partial charge in [0.2, 0.25) is 0 Å². The van der Waals surface area contributed by atoms with Gasteiger partial charge < -0.3 is 19.5 Å². The molecule has 1 fully saturated rings. The number of hydrogen-bond donors (Lipinski definition) is 1. The molecule has 0 saturated heterocycles. The Bertz CT molecular complexity index is 561. The average molecular weight is 363 g/mol. The molecule has 146 valence electrons. The zero-order valence-corrected chi connectivity index (χ0v) is 16.5. The molecule has 1 aliphatic carbocycles. The van der Waals surface area contributed by atoms with E-state index in [9.17, 15) is 4.79 Å². The van der Waals surface area contributed by atoms with E-state index in [1.807, 2.05) is 52.0 Å². The normalized spacial score (nSPS) is 16.6. The second-order valence-corrected chi connectivity index (χ2v) is 8.10. The lowest BCUT2D eigenvalue weighted by molar-refractivity contribution is 0.0505. The molecule has 1 aromatic rings. The summed E-state index contributed by atoms with van der Waals surface area (Å²) in [5.41, 5.74) is -0.502. The van der Waals surface area contributed by atoms with Gasteiger partial charge in [0.1, 0.15) is 23.2 Å². The fourth-order valence-corrected chi connectivity index (χ4v) is 3.02. The van der Waals surface area contributed by atoms with Crippen molar-refractivity contribution in [1.82, 2.24) is 5.32 Å². The highest BCUT2D eigenvalue weighted by atomic mass is 16.6. The van der Waals surface area contributed by atoms with Crippen molar-refractivity contribution in [1.29, 1.82) is 0 Å². The van der Waals surface area contributed by atoms with E-state index in [0.29, 0.717) is 12.5 Å². The van der Waals surface area contributed by atoms with Gasteiger partial charge in [-0.2, -0.15) is 0 Å². The Hall–Kier alpha value is -1.91. The Balaban J connectivity index is 1.75. The van der Waals surface area contributed by atoms with Crippen LogP contribution in [0.5, 0.6) is 11.5 Å². The Labute approximate surface area is 157 Å². The summed E-state index contributed by atoms with van der Waals surface area (Å²) >= 11 is 0. The lowest BCUT2D eigenvalue weighted by atomic mass is 9.90. The molecule has 0 aliphatic heterocycles. The van der Waals surface area contributed by atoms with Crippen molar-refractivity contribution >= 4 is 6.09 Å². The van der Waals surface area contributed by atoms with Gasteiger partial charge in [0.05, 0.1) is 13.2 Å². The third-order valence-corrected chi connectivity index (χ3v) is 4.29. The van der Waals surface area contributed by atoms with Crippen LogP contribution in [-0.2, 0) is 4.74 Å². The number of ether oxygens (including phenoxy) is 3. The van der Waals surface area contributed by atoms with Crippen LogP contribution in [-0.4, -0.2) is 30.9 Å². The van der Waals surface area contributed by atoms with E-state index in [-0.39, 0.29) is 6.10 Å². The topological polar surface area (TPSA) is 56.8 Å². The van der Waals surface area contributed by atoms with Crippen molar-refractivity contribution in [3.63, 3.8) is 0 Å². The van der Waals surface area contributed by atoms with Crippen LogP contribution >= 0.6 is 0 Å². The van der Waals surface area contributed by atoms with Gasteiger partial charge in [-0.25, -0.2) is 4.79 Å². The minimum Gasteiger partial charge on any atom is -0.493 e. The third-order valence-electron chi connectivity index (χ3n) is 4.29. The molecule has 26 heavy (non-hydrogen) atoms. The van der Waals surface area contributed by atoms with E-state index >= 15 is 0 Å². The molecule has 1 unspecified atom stereocenters. The maximum absolute atomic E-state index is 11.7. The number of rotatable bonds is 7. The van der Waals surface area contributed by atoms with Crippen LogP contribution in [0.2, 0.25) is 0 Å². The van der Waals surface area contributed by atoms with Gasteiger partial charge in [0, 0.05) is 6.07 Å². The van der Waals surface area contributed by atoms with Gasteiger partial charge in [-0.3, -0.25) is 0 Å². The van der Waals surface area contributed by atoms with Gasteiger partial charge in [0.25, 0.3) is 0 Å². The van der Waals surface area contributed by atoms with Gasteiger partial charge in [-0.15, -0.1) is 0 Å². The average Bonchev–Trinajstić information content (AvgIpc) is 2.58. The van der Waals surface area contributed by atoms with E-state index in [2.05, 4.69) is 5.32 Å². The Morgan fingerprint density at radius 1 is 1.19 bits per heavy atom. The van der Waals surface area contributed by atoms with Crippen LogP contribution < -0.4 is 14.8 Å². The van der Waals surface area contributed by atoms with Crippen LogP contribution in [0.15, 0.2) is 24.3 Å². The molecule has 1 atom stereocenters. The summed E-state index contributed by atoms with van der Waals surface area (Å²) in [6.45, 7) is 8.58. The zero-order chi connectivity index (χ0) is 19.0. The molecule has 1 saturated carbocycles. The summed E-state index contributed by atoms with van der Waals surface area (Å²) in [5.74, 6) is 2.25. The summed E-state index contributed by atoms with van der Waals surface area (Å²) in [7, 11) is 0. The highest BCUT2D eigenvalue weighted by molar-refractivity contribution is 5.67. The number of benzene rings is 1. The monoisotopic (exact) mass is 363 g/mol. The van der Waals surface area contributed by atoms with E-state index in [0.717, 1.165) is 18.1 Å². The minimum atomic E-state index is -0.502. The first-order chi connectivity index (χ1) is 12.3. The van der Waals surface area contributed by atoms with Crippen molar-refractivity contribution in [2.45, 2.75) is 71.5 Å². The van der Waals surface area contributed by atoms with Crippen LogP contribution in [0.1, 0.15) is 59.8 Å². The van der Waals surface area contributed by atoms with E-state index in [4.69, 9.17) is 14.2 Å². The molecule has 1 aromatic carbocycles. The summed E-state index contributed by atoms with van der Waals surface area (Å²) in [4.78, 5) is 11.7. The SMILES string of the molecule is CC(CNC(=O)OC(C)(C)C)Oc1cccc(OCC2CCCCC2)c1. The van der Waals surface area contributed by atoms with Crippen LogP contribution in [0.25, 0.3) is 0 Å². The number of nitrogens with one attached hydrogen (secondary N) is 1. The Morgan fingerprint density at radius 2 is 1.88 bits per heavy atom. The summed E-state index contributed by atoms with van der Waals surface area (Å²) < 4.78 is 17.0. The number of alkyl carbamates (subject to hydrolysis) is 1. The molecule has 2 rings (SSSR count). The van der Waals surface area contributed by atoms with Crippen LogP contribution in [0.4, 0.5) is 4.79 Å². The van der Waals surface area contributed by atoms with Gasteiger partial charge in [-0.1, -0.05) is 25.3 Å². The lowest BCUT2D eigenvalue weighted by Gasteiger charge is -2.22. The number of amides is 1. The predicted molar refractivity (Wildman–Crippen MR) is 103 cm³/mol. The molecule has 0 bridgehead atoms. The third kappa shape index (κ3) is 7.98. The van der Waals surface area contributed by atoms with E-state index in [1.54, 1.807) is 0 Å². The molecular weight excluding hydrogens is 330 g/mol. The van der Waals surface area contributed by atoms with Gasteiger partial charge in [0.15, 0.2) is 0 Å². The summed E-state index contributed by atoms with van der Waals surface area (Å²) in [6.07, 6.45) is 5.93. The molecule has 5 heteroatoms. The summed E-state index contributed by atoms with van der Waals surface area (Å²) in [5, 5.41) is 2.72. The molecular formula is C21H33NO4. The summed E-state index contributed by atoms with van der Waals surface area (Å²) in [6, 6.07) is 7.70. The van der Waals surface area contributed by atoms with E-state index < -0.39 is 11.7 Å². The highest BCUT2D eigenvalue weighted by Crippen LogP contribution is 2.26. The number of hydrogen-bond acceptors (Lipinski definition) is 4. The fourth-order valence-electron chi connectivity index (χ4n) is 3.02. The highest BCUT2D eigenvalue weighted by Gasteiger charge is 2.17. The maximum atomic E-state index is 11.7. The van der Waals surface area contributed by atoms with Crippen molar-refractivity contribution < 1.29 is 19.0 Å². The predicted octanol–water partition coefficient (Wildman–Crippen LogP) is 4.94. The maximum Gasteiger partial charge on any atom is 0.407 e. The molecule has 5 nitrogen and oxygen atoms in total. The molecule has 1 amide bonds. The standard InChI is InChI=1S/C21H33NO4/c1-16(14-22-20(23)26-21(2,3)4)25-19-12-8-11-18(13-19)24-15-17-9-6-5-7-10-17/h8,11-13,16-17H,5-7,9-10,14-15H2,1-4H3,(H,22,23). The molecule has 0 radical (unpaired) electrons. The lowest BCUT2D eigenvalue weighted by Crippen LogP contribution is -2.37. The van der Waals surface area contributed by atoms with Crippen molar-refractivity contribution in [2.75, 3.05) is 13.2 Å². The molecule has 1 aliphatic rings. The second-order valence-electron chi connectivity index (χ2n) is 8.10. The van der Waals surface area contributed by atoms with Crippen LogP contribution in [0.3, 0.4) is 0 Å². The van der Waals surface area contributed by atoms with E-state index in [1.165, 1.54) is 32.1 Å². The first-order valence-corrected chi connectivity index (χ1v) is 9.68. The second kappa shape index (κ2) is 9.70. The number of carbonyl (C=O) groups excluding carboxylic acids is 1. The van der Waals surface area contributed by atoms with Gasteiger partial charge in [-0.05, 0) is 58.6 Å². The zero-order valence-electron chi connectivity index (χ0n) is 16.5. The van der Waals surface area contributed by atoms with Crippen molar-refractivity contribution in [3.8, 4) is 11.5 Å². The Morgan fingerprint density at radius 3 is 2.58 bits per heavy atom. The van der Waals surface area contributed by atoms with Crippen molar-refractivity contribution in [3.05, 3.63) is 24.3 Å². The fraction of sp³-hybridized carbons (Fsp3) is 0.667. The Kier molecular flexibility index (Phi) is 7.61. The van der Waals surface area contributed by atoms with Crippen LogP contribution in [0, 0.1) is 5.92 Å².